The molecule has 0 fully saturated rings. The fourth-order valence-corrected chi connectivity index (χ4v) is 3.72. The number of fused-ring (bicyclic) bond motifs is 1. The highest BCUT2D eigenvalue weighted by molar-refractivity contribution is 7.10. The van der Waals surface area contributed by atoms with Crippen molar-refractivity contribution in [2.75, 3.05) is 13.1 Å². The van der Waals surface area contributed by atoms with E-state index in [1.54, 1.807) is 22.3 Å². The summed E-state index contributed by atoms with van der Waals surface area (Å²) in [5.74, 6) is 1.23. The third-order valence-electron chi connectivity index (χ3n) is 4.27. The molecule has 0 saturated heterocycles. The minimum absolute atomic E-state index is 0.195. The Morgan fingerprint density at radius 3 is 3.04 bits per heavy atom. The zero-order valence-electron chi connectivity index (χ0n) is 13.2. The van der Waals surface area contributed by atoms with Gasteiger partial charge in [0.15, 0.2) is 0 Å². The lowest BCUT2D eigenvalue weighted by atomic mass is 10.3. The maximum atomic E-state index is 12.5. The average molecular weight is 342 g/mol. The number of thiophene rings is 1. The van der Waals surface area contributed by atoms with E-state index in [1.807, 2.05) is 28.6 Å². The largest absolute Gasteiger partial charge is 0.340 e. The third kappa shape index (κ3) is 3.09. The van der Waals surface area contributed by atoms with Crippen molar-refractivity contribution < 1.29 is 4.79 Å². The zero-order chi connectivity index (χ0) is 16.4. The van der Waals surface area contributed by atoms with Gasteiger partial charge in [-0.1, -0.05) is 6.07 Å². The van der Waals surface area contributed by atoms with E-state index in [0.717, 1.165) is 42.5 Å². The van der Waals surface area contributed by atoms with E-state index in [4.69, 9.17) is 0 Å². The van der Waals surface area contributed by atoms with E-state index in [2.05, 4.69) is 19.6 Å². The molecule has 3 aromatic rings. The lowest BCUT2D eigenvalue weighted by Crippen LogP contribution is -2.34. The molecule has 0 saturated carbocycles. The predicted molar refractivity (Wildman–Crippen MR) is 89.7 cm³/mol. The Morgan fingerprint density at radius 1 is 1.29 bits per heavy atom. The number of imidazole rings is 1. The maximum absolute atomic E-state index is 12.5. The molecule has 4 rings (SSSR count). The fraction of sp³-hybridized carbons (Fsp3) is 0.375. The first-order chi connectivity index (χ1) is 11.8. The number of hydrogen-bond acceptors (Lipinski definition) is 5. The van der Waals surface area contributed by atoms with E-state index in [1.165, 1.54) is 6.33 Å². The van der Waals surface area contributed by atoms with Gasteiger partial charge in [0.05, 0.1) is 24.9 Å². The molecule has 0 bridgehead atoms. The fourth-order valence-electron chi connectivity index (χ4n) is 3.02. The summed E-state index contributed by atoms with van der Waals surface area (Å²) in [6, 6.07) is 4.00. The first-order valence-corrected chi connectivity index (χ1v) is 8.83. The second-order valence-corrected chi connectivity index (χ2v) is 6.83. The van der Waals surface area contributed by atoms with Crippen LogP contribution < -0.4 is 0 Å². The van der Waals surface area contributed by atoms with Gasteiger partial charge < -0.3 is 9.47 Å². The smallest absolute Gasteiger partial charge is 0.227 e. The van der Waals surface area contributed by atoms with Crippen LogP contribution in [0, 0.1) is 0 Å². The topological polar surface area (TPSA) is 68.8 Å². The number of amides is 1. The molecule has 7 nitrogen and oxygen atoms in total. The summed E-state index contributed by atoms with van der Waals surface area (Å²) in [6.07, 6.45) is 6.41. The highest BCUT2D eigenvalue weighted by Gasteiger charge is 2.21. The Hall–Kier alpha value is -2.48. The summed E-state index contributed by atoms with van der Waals surface area (Å²) < 4.78 is 4.00. The van der Waals surface area contributed by atoms with Crippen molar-refractivity contribution in [3.8, 4) is 0 Å². The first kappa shape index (κ1) is 15.1. The van der Waals surface area contributed by atoms with Crippen LogP contribution in [0.2, 0.25) is 0 Å². The number of carbonyl (C=O) groups excluding carboxylic acids is 1. The van der Waals surface area contributed by atoms with Crippen molar-refractivity contribution in [2.45, 2.75) is 25.9 Å². The molecule has 1 aliphatic rings. The Kier molecular flexibility index (Phi) is 4.12. The number of hydrogen-bond donors (Lipinski definition) is 0. The van der Waals surface area contributed by atoms with Crippen molar-refractivity contribution >= 4 is 17.2 Å². The van der Waals surface area contributed by atoms with Gasteiger partial charge in [-0.2, -0.15) is 5.10 Å². The van der Waals surface area contributed by atoms with Gasteiger partial charge in [-0.05, 0) is 11.4 Å². The molecule has 24 heavy (non-hydrogen) atoms. The maximum Gasteiger partial charge on any atom is 0.227 e. The standard InChI is InChI=1S/C16H18N6OS/c23-16(8-14-2-1-7-24-14)20-4-3-15-18-9-13(22(15)6-5-20)10-21-12-17-11-19-21/h1-2,7,9,11-12H,3-6,8,10H2. The Morgan fingerprint density at radius 2 is 2.25 bits per heavy atom. The van der Waals surface area contributed by atoms with Gasteiger partial charge in [-0.15, -0.1) is 11.3 Å². The van der Waals surface area contributed by atoms with Gasteiger partial charge in [0, 0.05) is 30.9 Å². The number of aromatic nitrogens is 5. The minimum atomic E-state index is 0.195. The van der Waals surface area contributed by atoms with Crippen molar-refractivity contribution in [3.63, 3.8) is 0 Å². The quantitative estimate of drug-likeness (QED) is 0.715. The molecular weight excluding hydrogens is 324 g/mol. The summed E-state index contributed by atoms with van der Waals surface area (Å²) >= 11 is 1.63. The summed E-state index contributed by atoms with van der Waals surface area (Å²) in [6.45, 7) is 2.87. The monoisotopic (exact) mass is 342 g/mol. The van der Waals surface area contributed by atoms with Gasteiger partial charge in [0.25, 0.3) is 0 Å². The van der Waals surface area contributed by atoms with Crippen molar-refractivity contribution in [1.29, 1.82) is 0 Å². The molecule has 124 valence electrons. The number of carbonyl (C=O) groups is 1. The van der Waals surface area contributed by atoms with Crippen LogP contribution in [0.3, 0.4) is 0 Å². The molecule has 1 aliphatic heterocycles. The molecule has 0 spiro atoms. The van der Waals surface area contributed by atoms with Crippen LogP contribution in [-0.4, -0.2) is 48.2 Å². The van der Waals surface area contributed by atoms with Crippen LogP contribution in [0.25, 0.3) is 0 Å². The van der Waals surface area contributed by atoms with Gasteiger partial charge in [0.1, 0.15) is 18.5 Å². The van der Waals surface area contributed by atoms with E-state index in [9.17, 15) is 4.79 Å². The first-order valence-electron chi connectivity index (χ1n) is 7.95. The molecule has 3 aromatic heterocycles. The molecule has 0 radical (unpaired) electrons. The second kappa shape index (κ2) is 6.56. The SMILES string of the molecule is O=C(Cc1cccs1)N1CCc2ncc(Cn3cncn3)n2CC1. The molecule has 8 heteroatoms. The Labute approximate surface area is 143 Å². The normalized spacial score (nSPS) is 14.4. The summed E-state index contributed by atoms with van der Waals surface area (Å²) in [5, 5.41) is 6.16. The third-order valence-corrected chi connectivity index (χ3v) is 5.14. The molecule has 0 aliphatic carbocycles. The highest BCUT2D eigenvalue weighted by Crippen LogP contribution is 2.15. The molecule has 0 atom stereocenters. The summed E-state index contributed by atoms with van der Waals surface area (Å²) in [4.78, 5) is 24.1. The van der Waals surface area contributed by atoms with E-state index >= 15 is 0 Å². The van der Waals surface area contributed by atoms with Crippen molar-refractivity contribution in [2.24, 2.45) is 0 Å². The summed E-state index contributed by atoms with van der Waals surface area (Å²) in [7, 11) is 0. The molecule has 0 unspecified atom stereocenters. The number of nitrogens with zero attached hydrogens (tertiary/aromatic N) is 6. The highest BCUT2D eigenvalue weighted by atomic mass is 32.1. The Balaban J connectivity index is 1.44. The van der Waals surface area contributed by atoms with Crippen LogP contribution in [0.5, 0.6) is 0 Å². The molecular formula is C16H18N6OS. The van der Waals surface area contributed by atoms with Crippen LogP contribution >= 0.6 is 11.3 Å². The van der Waals surface area contributed by atoms with Crippen LogP contribution in [0.4, 0.5) is 0 Å². The van der Waals surface area contributed by atoms with Crippen LogP contribution in [0.15, 0.2) is 36.4 Å². The van der Waals surface area contributed by atoms with Crippen LogP contribution in [-0.2, 0) is 30.7 Å². The van der Waals surface area contributed by atoms with Gasteiger partial charge in [-0.25, -0.2) is 14.6 Å². The van der Waals surface area contributed by atoms with Gasteiger partial charge >= 0.3 is 0 Å². The van der Waals surface area contributed by atoms with E-state index in [-0.39, 0.29) is 5.91 Å². The lowest BCUT2D eigenvalue weighted by molar-refractivity contribution is -0.130. The average Bonchev–Trinajstić information content (AvgIpc) is 3.30. The van der Waals surface area contributed by atoms with Gasteiger partial charge in [-0.3, -0.25) is 4.79 Å². The number of rotatable bonds is 4. The van der Waals surface area contributed by atoms with Gasteiger partial charge in [0.2, 0.25) is 5.91 Å². The van der Waals surface area contributed by atoms with Crippen LogP contribution in [0.1, 0.15) is 16.4 Å². The lowest BCUT2D eigenvalue weighted by Gasteiger charge is -2.20. The summed E-state index contributed by atoms with van der Waals surface area (Å²) in [5.41, 5.74) is 1.10. The van der Waals surface area contributed by atoms with Crippen molar-refractivity contribution in [1.82, 2.24) is 29.2 Å². The molecule has 0 N–H and O–H groups in total. The zero-order valence-corrected chi connectivity index (χ0v) is 14.0. The van der Waals surface area contributed by atoms with Crippen molar-refractivity contribution in [3.05, 3.63) is 52.8 Å². The van der Waals surface area contributed by atoms with E-state index < -0.39 is 0 Å². The predicted octanol–water partition coefficient (Wildman–Crippen LogP) is 1.21. The molecule has 0 aromatic carbocycles. The second-order valence-electron chi connectivity index (χ2n) is 5.80. The molecule has 4 heterocycles. The minimum Gasteiger partial charge on any atom is -0.340 e. The Bertz CT molecular complexity index is 808. The molecule has 1 amide bonds. The van der Waals surface area contributed by atoms with E-state index in [0.29, 0.717) is 13.0 Å².